The Balaban J connectivity index is 1.67. The Bertz CT molecular complexity index is 1530. The summed E-state index contributed by atoms with van der Waals surface area (Å²) in [5, 5.41) is 3.14. The molecule has 0 aliphatic heterocycles. The topological polar surface area (TPSA) is 74.0 Å². The first kappa shape index (κ1) is 22.5. The molecule has 5 rings (SSSR count). The smallest absolute Gasteiger partial charge is 0.335 e. The van der Waals surface area contributed by atoms with Crippen LogP contribution in [0.1, 0.15) is 18.4 Å². The highest BCUT2D eigenvalue weighted by molar-refractivity contribution is 5.75. The number of nitrogens with zero attached hydrogens (tertiary/aromatic N) is 4. The quantitative estimate of drug-likeness (QED) is 0.398. The number of hydrogen-bond acceptors (Lipinski definition) is 5. The lowest BCUT2D eigenvalue weighted by molar-refractivity contribution is 0.414. The summed E-state index contributed by atoms with van der Waals surface area (Å²) in [6.07, 6.45) is 3.22. The van der Waals surface area contributed by atoms with Crippen molar-refractivity contribution in [1.82, 2.24) is 19.1 Å². The van der Waals surface area contributed by atoms with E-state index in [0.29, 0.717) is 29.0 Å². The second kappa shape index (κ2) is 9.17. The number of anilines is 2. The van der Waals surface area contributed by atoms with E-state index < -0.39 is 17.3 Å². The number of ether oxygens (including phenoxy) is 1. The minimum Gasteiger partial charge on any atom is -0.497 e. The van der Waals surface area contributed by atoms with E-state index in [1.165, 1.54) is 28.5 Å². The number of halogens is 2. The maximum atomic E-state index is 14.5. The summed E-state index contributed by atoms with van der Waals surface area (Å²) >= 11 is 0. The molecule has 0 amide bonds. The third kappa shape index (κ3) is 4.32. The summed E-state index contributed by atoms with van der Waals surface area (Å²) in [6.45, 7) is 1.72. The van der Waals surface area contributed by atoms with Crippen LogP contribution in [0.5, 0.6) is 5.75 Å². The molecule has 2 heterocycles. The van der Waals surface area contributed by atoms with Crippen LogP contribution in [0.25, 0.3) is 16.9 Å². The van der Waals surface area contributed by atoms with Crippen LogP contribution >= 0.6 is 0 Å². The van der Waals surface area contributed by atoms with Crippen molar-refractivity contribution in [3.05, 3.63) is 94.1 Å². The Hall–Kier alpha value is -4.27. The van der Waals surface area contributed by atoms with E-state index >= 15 is 0 Å². The van der Waals surface area contributed by atoms with E-state index in [1.54, 1.807) is 24.3 Å². The highest BCUT2D eigenvalue weighted by Gasteiger charge is 2.23. The zero-order chi connectivity index (χ0) is 24.5. The molecule has 9 heteroatoms. The number of allylic oxidation sites excluding steroid dienone is 4. The Morgan fingerprint density at radius 2 is 1.94 bits per heavy atom. The summed E-state index contributed by atoms with van der Waals surface area (Å²) in [5.74, 6) is -0.374. The van der Waals surface area contributed by atoms with E-state index in [-0.39, 0.29) is 24.5 Å². The van der Waals surface area contributed by atoms with Crippen LogP contribution < -0.4 is 15.7 Å². The molecular weight excluding hydrogens is 452 g/mol. The van der Waals surface area contributed by atoms with Crippen molar-refractivity contribution in [3.8, 4) is 11.4 Å². The van der Waals surface area contributed by atoms with Crippen molar-refractivity contribution in [3.63, 3.8) is 0 Å². The molecule has 0 saturated heterocycles. The summed E-state index contributed by atoms with van der Waals surface area (Å²) in [6, 6.07) is 14.7. The van der Waals surface area contributed by atoms with Crippen molar-refractivity contribution < 1.29 is 13.5 Å². The minimum absolute atomic E-state index is 0.104. The second-order valence-electron chi connectivity index (χ2n) is 8.27. The van der Waals surface area contributed by atoms with Gasteiger partial charge in [-0.15, -0.1) is 0 Å². The van der Waals surface area contributed by atoms with Crippen molar-refractivity contribution in [1.29, 1.82) is 0 Å². The monoisotopic (exact) mass is 475 g/mol. The number of aryl methyl sites for hydroxylation is 1. The molecule has 1 aliphatic rings. The maximum absolute atomic E-state index is 14.5. The third-order valence-electron chi connectivity index (χ3n) is 5.91. The van der Waals surface area contributed by atoms with Crippen LogP contribution in [0.15, 0.2) is 82.8 Å². The number of aromatic nitrogens is 4. The Morgan fingerprint density at radius 1 is 1.14 bits per heavy atom. The van der Waals surface area contributed by atoms with Crippen molar-refractivity contribution >= 4 is 22.8 Å². The number of methoxy groups -OCH3 is 1. The first-order chi connectivity index (χ1) is 16.9. The van der Waals surface area contributed by atoms with Crippen LogP contribution in [0, 0.1) is 6.92 Å². The first-order valence-electron chi connectivity index (χ1n) is 11.1. The van der Waals surface area contributed by atoms with Gasteiger partial charge in [-0.25, -0.2) is 23.1 Å². The number of nitrogens with one attached hydrogen (secondary N) is 1. The molecule has 1 N–H and O–H groups in total. The highest BCUT2D eigenvalue weighted by Crippen LogP contribution is 2.29. The number of imidazole rings is 1. The summed E-state index contributed by atoms with van der Waals surface area (Å²) in [4.78, 5) is 22.6. The Morgan fingerprint density at radius 3 is 2.69 bits per heavy atom. The zero-order valence-corrected chi connectivity index (χ0v) is 19.3. The van der Waals surface area contributed by atoms with Crippen molar-refractivity contribution in [2.45, 2.75) is 26.3 Å². The SMILES string of the molecule is COc1cccc(-n2c(=O)n(CC3=C(F)CCC=C3F)c3cnc(Nc4ccc(C)cc4)nc32)c1. The molecule has 35 heavy (non-hydrogen) atoms. The van der Waals surface area contributed by atoms with Gasteiger partial charge in [0.1, 0.15) is 22.9 Å². The number of benzene rings is 2. The van der Waals surface area contributed by atoms with Crippen LogP contribution in [0.3, 0.4) is 0 Å². The van der Waals surface area contributed by atoms with Gasteiger partial charge in [0.25, 0.3) is 0 Å². The van der Waals surface area contributed by atoms with Gasteiger partial charge in [0.15, 0.2) is 5.65 Å². The lowest BCUT2D eigenvalue weighted by Gasteiger charge is -2.12. The molecule has 0 fully saturated rings. The normalized spacial score (nSPS) is 13.8. The molecular formula is C26H23F2N5O2. The number of hydrogen-bond donors (Lipinski definition) is 1. The lowest BCUT2D eigenvalue weighted by atomic mass is 10.0. The first-order valence-corrected chi connectivity index (χ1v) is 11.1. The number of fused-ring (bicyclic) bond motifs is 1. The highest BCUT2D eigenvalue weighted by atomic mass is 19.1. The van der Waals surface area contributed by atoms with E-state index in [0.717, 1.165) is 11.3 Å². The van der Waals surface area contributed by atoms with Crippen LogP contribution in [0.2, 0.25) is 0 Å². The molecule has 0 atom stereocenters. The molecule has 2 aromatic heterocycles. The van der Waals surface area contributed by atoms with Crippen LogP contribution in [-0.2, 0) is 6.54 Å². The summed E-state index contributed by atoms with van der Waals surface area (Å²) in [7, 11) is 1.53. The molecule has 1 aliphatic carbocycles. The molecule has 2 aromatic carbocycles. The van der Waals surface area contributed by atoms with Gasteiger partial charge < -0.3 is 10.1 Å². The lowest BCUT2D eigenvalue weighted by Crippen LogP contribution is -2.24. The molecule has 0 unspecified atom stereocenters. The van der Waals surface area contributed by atoms with E-state index in [1.807, 2.05) is 31.2 Å². The fraction of sp³-hybridized carbons (Fsp3) is 0.192. The molecule has 178 valence electrons. The maximum Gasteiger partial charge on any atom is 0.335 e. The number of rotatable bonds is 6. The molecule has 0 spiro atoms. The molecule has 4 aromatic rings. The standard InChI is InChI=1S/C26H23F2N5O2/c1-16-9-11-17(12-10-16)30-25-29-14-23-24(31-25)33(18-5-3-6-19(13-18)35-2)26(34)32(23)15-20-21(27)7-4-8-22(20)28/h3,5-7,9-14H,4,8,15H2,1-2H3,(H,29,30,31). The summed E-state index contributed by atoms with van der Waals surface area (Å²) < 4.78 is 37.0. The largest absolute Gasteiger partial charge is 0.497 e. The van der Waals surface area contributed by atoms with Gasteiger partial charge in [0.2, 0.25) is 5.95 Å². The zero-order valence-electron chi connectivity index (χ0n) is 19.3. The Labute approximate surface area is 200 Å². The average Bonchev–Trinajstić information content (AvgIpc) is 3.13. The average molecular weight is 475 g/mol. The van der Waals surface area contributed by atoms with Crippen molar-refractivity contribution in [2.75, 3.05) is 12.4 Å². The minimum atomic E-state index is -0.651. The van der Waals surface area contributed by atoms with Gasteiger partial charge in [0.05, 0.1) is 25.5 Å². The van der Waals surface area contributed by atoms with Gasteiger partial charge in [-0.05, 0) is 43.7 Å². The van der Waals surface area contributed by atoms with Gasteiger partial charge in [-0.2, -0.15) is 4.98 Å². The summed E-state index contributed by atoms with van der Waals surface area (Å²) in [5.41, 5.74) is 2.43. The van der Waals surface area contributed by atoms with E-state index in [2.05, 4.69) is 15.3 Å². The second-order valence-corrected chi connectivity index (χ2v) is 8.27. The molecule has 7 nitrogen and oxygen atoms in total. The van der Waals surface area contributed by atoms with Gasteiger partial charge in [0, 0.05) is 23.7 Å². The van der Waals surface area contributed by atoms with Crippen LogP contribution in [-0.4, -0.2) is 26.2 Å². The van der Waals surface area contributed by atoms with Crippen LogP contribution in [0.4, 0.5) is 20.4 Å². The van der Waals surface area contributed by atoms with Gasteiger partial charge in [-0.1, -0.05) is 23.8 Å². The molecule has 0 bridgehead atoms. The third-order valence-corrected chi connectivity index (χ3v) is 5.91. The predicted octanol–water partition coefficient (Wildman–Crippen LogP) is 5.51. The fourth-order valence-corrected chi connectivity index (χ4v) is 4.05. The molecule has 0 radical (unpaired) electrons. The van der Waals surface area contributed by atoms with Gasteiger partial charge >= 0.3 is 5.69 Å². The van der Waals surface area contributed by atoms with Gasteiger partial charge in [-0.3, -0.25) is 4.57 Å². The fourth-order valence-electron chi connectivity index (χ4n) is 4.05. The van der Waals surface area contributed by atoms with E-state index in [9.17, 15) is 13.6 Å². The van der Waals surface area contributed by atoms with E-state index in [4.69, 9.17) is 4.74 Å². The Kier molecular flexibility index (Phi) is 5.90. The molecule has 0 saturated carbocycles. The van der Waals surface area contributed by atoms with Crippen molar-refractivity contribution in [2.24, 2.45) is 0 Å². The predicted molar refractivity (Wildman–Crippen MR) is 131 cm³/mol.